The fourth-order valence-electron chi connectivity index (χ4n) is 4.17. The van der Waals surface area contributed by atoms with E-state index < -0.39 is 35.3 Å². The van der Waals surface area contributed by atoms with E-state index in [-0.39, 0.29) is 12.2 Å². The summed E-state index contributed by atoms with van der Waals surface area (Å²) in [5.74, 6) is -0.559. The second kappa shape index (κ2) is 10.2. The minimum atomic E-state index is -4.78. The van der Waals surface area contributed by atoms with Gasteiger partial charge in [-0.25, -0.2) is 0 Å². The van der Waals surface area contributed by atoms with Gasteiger partial charge in [-0.1, -0.05) is 72.3 Å². The van der Waals surface area contributed by atoms with Crippen LogP contribution in [0.15, 0.2) is 89.7 Å². The zero-order valence-corrected chi connectivity index (χ0v) is 19.9. The van der Waals surface area contributed by atoms with Gasteiger partial charge < -0.3 is 9.88 Å². The SMILES string of the molecule is Cc1ccc(Cn2c(-c3ccccc3)cc(C(F)(F)F)c(CNC(=O)c3ccccc3)c2=O)c(C)c1. The smallest absolute Gasteiger partial charge is 0.348 e. The standard InChI is InChI=1S/C29H25F3N2O2/c1-19-13-14-23(20(2)15-19)18-34-26(21-9-5-3-6-10-21)16-25(29(30,31)32)24(28(34)36)17-33-27(35)22-11-7-4-8-12-22/h3-16H,17-18H2,1-2H3,(H,33,35). The number of aryl methyl sites for hydroxylation is 2. The monoisotopic (exact) mass is 490 g/mol. The van der Waals surface area contributed by atoms with Crippen LogP contribution in [0.4, 0.5) is 13.2 Å². The predicted molar refractivity (Wildman–Crippen MR) is 134 cm³/mol. The van der Waals surface area contributed by atoms with Crippen molar-refractivity contribution in [2.75, 3.05) is 0 Å². The van der Waals surface area contributed by atoms with Crippen molar-refractivity contribution in [3.63, 3.8) is 0 Å². The number of carbonyl (C=O) groups excluding carboxylic acids is 1. The quantitative estimate of drug-likeness (QED) is 0.354. The Morgan fingerprint density at radius 2 is 1.53 bits per heavy atom. The topological polar surface area (TPSA) is 51.1 Å². The third-order valence-electron chi connectivity index (χ3n) is 6.06. The third-order valence-corrected chi connectivity index (χ3v) is 6.06. The first-order valence-electron chi connectivity index (χ1n) is 11.4. The van der Waals surface area contributed by atoms with Gasteiger partial charge in [-0.15, -0.1) is 0 Å². The zero-order valence-electron chi connectivity index (χ0n) is 19.9. The Labute approximate surface area is 207 Å². The largest absolute Gasteiger partial charge is 0.417 e. The van der Waals surface area contributed by atoms with Crippen molar-refractivity contribution < 1.29 is 18.0 Å². The summed E-state index contributed by atoms with van der Waals surface area (Å²) in [7, 11) is 0. The van der Waals surface area contributed by atoms with Crippen LogP contribution >= 0.6 is 0 Å². The van der Waals surface area contributed by atoms with Crippen LogP contribution in [0.25, 0.3) is 11.3 Å². The number of pyridine rings is 1. The summed E-state index contributed by atoms with van der Waals surface area (Å²) in [4.78, 5) is 26.2. The number of rotatable bonds is 6. The maximum Gasteiger partial charge on any atom is 0.417 e. The van der Waals surface area contributed by atoms with E-state index in [1.54, 1.807) is 60.7 Å². The molecule has 4 nitrogen and oxygen atoms in total. The predicted octanol–water partition coefficient (Wildman–Crippen LogP) is 6.13. The molecule has 0 aliphatic carbocycles. The molecule has 36 heavy (non-hydrogen) atoms. The maximum absolute atomic E-state index is 14.2. The molecular weight excluding hydrogens is 465 g/mol. The molecule has 1 amide bonds. The molecule has 0 unspecified atom stereocenters. The van der Waals surface area contributed by atoms with Crippen LogP contribution in [-0.4, -0.2) is 10.5 Å². The molecule has 4 aromatic rings. The molecule has 0 saturated heterocycles. The second-order valence-electron chi connectivity index (χ2n) is 8.66. The van der Waals surface area contributed by atoms with Gasteiger partial charge in [0.1, 0.15) is 0 Å². The molecule has 0 bridgehead atoms. The molecule has 4 rings (SSSR count). The average Bonchev–Trinajstić information content (AvgIpc) is 2.86. The number of aromatic nitrogens is 1. The number of carbonyl (C=O) groups is 1. The first-order valence-corrected chi connectivity index (χ1v) is 11.4. The Bertz CT molecular complexity index is 1440. The van der Waals surface area contributed by atoms with E-state index in [9.17, 15) is 22.8 Å². The lowest BCUT2D eigenvalue weighted by Crippen LogP contribution is -2.34. The van der Waals surface area contributed by atoms with E-state index in [0.717, 1.165) is 22.8 Å². The number of alkyl halides is 3. The van der Waals surface area contributed by atoms with Gasteiger partial charge in [0, 0.05) is 17.7 Å². The summed E-state index contributed by atoms with van der Waals surface area (Å²) < 4.78 is 43.9. The third kappa shape index (κ3) is 5.40. The fourth-order valence-corrected chi connectivity index (χ4v) is 4.17. The van der Waals surface area contributed by atoms with Gasteiger partial charge in [-0.2, -0.15) is 13.2 Å². The molecule has 0 saturated carbocycles. The van der Waals surface area contributed by atoms with Crippen molar-refractivity contribution in [1.29, 1.82) is 0 Å². The van der Waals surface area contributed by atoms with E-state index in [0.29, 0.717) is 11.1 Å². The fraction of sp³-hybridized carbons (Fsp3) is 0.172. The van der Waals surface area contributed by atoms with Crippen molar-refractivity contribution in [2.45, 2.75) is 33.1 Å². The van der Waals surface area contributed by atoms with Crippen LogP contribution in [0.5, 0.6) is 0 Å². The highest BCUT2D eigenvalue weighted by atomic mass is 19.4. The molecule has 1 N–H and O–H groups in total. The van der Waals surface area contributed by atoms with Crippen molar-refractivity contribution in [3.8, 4) is 11.3 Å². The summed E-state index contributed by atoms with van der Waals surface area (Å²) in [6.45, 7) is 3.39. The highest BCUT2D eigenvalue weighted by molar-refractivity contribution is 5.94. The molecule has 3 aromatic carbocycles. The highest BCUT2D eigenvalue weighted by Crippen LogP contribution is 2.34. The second-order valence-corrected chi connectivity index (χ2v) is 8.66. The van der Waals surface area contributed by atoms with Crippen LogP contribution in [0.2, 0.25) is 0 Å². The van der Waals surface area contributed by atoms with Gasteiger partial charge in [-0.3, -0.25) is 9.59 Å². The Morgan fingerprint density at radius 1 is 0.889 bits per heavy atom. The van der Waals surface area contributed by atoms with Crippen LogP contribution in [0.3, 0.4) is 0 Å². The van der Waals surface area contributed by atoms with Crippen molar-refractivity contribution in [2.24, 2.45) is 0 Å². The van der Waals surface area contributed by atoms with Gasteiger partial charge in [0.15, 0.2) is 0 Å². The van der Waals surface area contributed by atoms with Gasteiger partial charge in [0.05, 0.1) is 17.8 Å². The zero-order chi connectivity index (χ0) is 25.9. The molecule has 0 atom stereocenters. The molecule has 1 heterocycles. The molecule has 7 heteroatoms. The van der Waals surface area contributed by atoms with Crippen molar-refractivity contribution >= 4 is 5.91 Å². The van der Waals surface area contributed by atoms with Gasteiger partial charge in [0.2, 0.25) is 0 Å². The number of benzene rings is 3. The summed E-state index contributed by atoms with van der Waals surface area (Å²) in [6.07, 6.45) is -4.78. The lowest BCUT2D eigenvalue weighted by atomic mass is 10.0. The Morgan fingerprint density at radius 3 is 2.14 bits per heavy atom. The van der Waals surface area contributed by atoms with Crippen molar-refractivity contribution in [1.82, 2.24) is 9.88 Å². The van der Waals surface area contributed by atoms with E-state index in [2.05, 4.69) is 5.32 Å². The van der Waals surface area contributed by atoms with E-state index in [4.69, 9.17) is 0 Å². The molecule has 0 radical (unpaired) electrons. The molecule has 0 spiro atoms. The van der Waals surface area contributed by atoms with Crippen LogP contribution in [0.1, 0.15) is 38.2 Å². The number of amides is 1. The molecule has 184 valence electrons. The number of nitrogens with zero attached hydrogens (tertiary/aromatic N) is 1. The molecule has 0 aliphatic heterocycles. The first-order chi connectivity index (χ1) is 17.1. The van der Waals surface area contributed by atoms with Crippen molar-refractivity contribution in [3.05, 3.63) is 129 Å². The van der Waals surface area contributed by atoms with Crippen LogP contribution in [0, 0.1) is 13.8 Å². The first kappa shape index (κ1) is 25.0. The number of hydrogen-bond acceptors (Lipinski definition) is 2. The normalized spacial score (nSPS) is 11.4. The molecule has 1 aromatic heterocycles. The van der Waals surface area contributed by atoms with Gasteiger partial charge in [0.25, 0.3) is 11.5 Å². The summed E-state index contributed by atoms with van der Waals surface area (Å²) in [6, 6.07) is 23.4. The summed E-state index contributed by atoms with van der Waals surface area (Å²) in [5, 5.41) is 2.49. The maximum atomic E-state index is 14.2. The number of hydrogen-bond donors (Lipinski definition) is 1. The Hall–Kier alpha value is -4.13. The minimum absolute atomic E-state index is 0.0902. The lowest BCUT2D eigenvalue weighted by Gasteiger charge is -2.21. The Balaban J connectivity index is 1.86. The van der Waals surface area contributed by atoms with E-state index >= 15 is 0 Å². The Kier molecular flexibility index (Phi) is 7.10. The number of nitrogens with one attached hydrogen (secondary N) is 1. The summed E-state index contributed by atoms with van der Waals surface area (Å²) in [5.41, 5.74) is 1.38. The highest BCUT2D eigenvalue weighted by Gasteiger charge is 2.36. The average molecular weight is 491 g/mol. The van der Waals surface area contributed by atoms with Gasteiger partial charge in [-0.05, 0) is 48.7 Å². The molecule has 0 fully saturated rings. The minimum Gasteiger partial charge on any atom is -0.348 e. The lowest BCUT2D eigenvalue weighted by molar-refractivity contribution is -0.138. The molecule has 0 aliphatic rings. The number of halogens is 3. The van der Waals surface area contributed by atoms with E-state index in [1.165, 1.54) is 4.57 Å². The van der Waals surface area contributed by atoms with Gasteiger partial charge >= 0.3 is 6.18 Å². The van der Waals surface area contributed by atoms with E-state index in [1.807, 2.05) is 32.0 Å². The van der Waals surface area contributed by atoms with Crippen LogP contribution in [-0.2, 0) is 19.3 Å². The molecular formula is C29H25F3N2O2. The van der Waals surface area contributed by atoms with Crippen LogP contribution < -0.4 is 10.9 Å². The summed E-state index contributed by atoms with van der Waals surface area (Å²) >= 11 is 0.